The van der Waals surface area contributed by atoms with Crippen molar-refractivity contribution in [3.05, 3.63) is 24.0 Å². The minimum Gasteiger partial charge on any atom is -0.0438 e. The molecule has 1 saturated heterocycles. The molecule has 2 bridgehead atoms. The molecule has 0 aromatic heterocycles. The third kappa shape index (κ3) is 0.929. The van der Waals surface area contributed by atoms with Gasteiger partial charge < -0.3 is 0 Å². The van der Waals surface area contributed by atoms with Crippen molar-refractivity contribution in [3.63, 3.8) is 0 Å². The Morgan fingerprint density at radius 2 is 1.50 bits per heavy atom. The molecule has 4 atom stereocenters. The first-order valence-corrected chi connectivity index (χ1v) is 11.1. The molecule has 76 valence electrons. The van der Waals surface area contributed by atoms with Gasteiger partial charge in [0.25, 0.3) is 0 Å². The van der Waals surface area contributed by atoms with Crippen LogP contribution in [0.3, 0.4) is 0 Å². The Bertz CT molecular complexity index is 338. The lowest BCUT2D eigenvalue weighted by molar-refractivity contribution is 0.661. The Morgan fingerprint density at radius 3 is 2.14 bits per heavy atom. The van der Waals surface area contributed by atoms with Gasteiger partial charge in [-0.05, 0) is 18.2 Å². The van der Waals surface area contributed by atoms with E-state index in [0.29, 0.717) is 0 Å². The molecule has 0 amide bonds. The first kappa shape index (κ1) is 9.56. The summed E-state index contributed by atoms with van der Waals surface area (Å²) in [5, 5.41) is 0. The molecule has 3 aliphatic heterocycles. The van der Waals surface area contributed by atoms with Crippen LogP contribution in [0.25, 0.3) is 0 Å². The van der Waals surface area contributed by atoms with Gasteiger partial charge in [0.15, 0.2) is 0 Å². The number of fused-ring (bicyclic) bond motifs is 5. The van der Waals surface area contributed by atoms with E-state index >= 15 is 0 Å². The monoisotopic (exact) mass is 226 g/mol. The van der Waals surface area contributed by atoms with E-state index in [0.717, 1.165) is 22.9 Å². The molecule has 0 aromatic rings. The predicted molar refractivity (Wildman–Crippen MR) is 70.7 cm³/mol. The van der Waals surface area contributed by atoms with E-state index < -0.39 is 14.5 Å². The summed E-state index contributed by atoms with van der Waals surface area (Å²) in [5.41, 5.74) is 2.94. The molecular weight excluding hydrogens is 206 g/mol. The zero-order chi connectivity index (χ0) is 10.1. The van der Waals surface area contributed by atoms with Crippen molar-refractivity contribution in [2.24, 2.45) is 5.92 Å². The van der Waals surface area contributed by atoms with Crippen LogP contribution in [0.5, 0.6) is 0 Å². The molecular formula is C12H20P2+2. The van der Waals surface area contributed by atoms with Crippen molar-refractivity contribution in [1.82, 2.24) is 0 Å². The first-order valence-electron chi connectivity index (χ1n) is 5.49. The SMILES string of the molecule is C[P+]1(C)C=CC2C1C1C=CC2[P+]1(C)C. The second-order valence-corrected chi connectivity index (χ2v) is 14.6. The highest BCUT2D eigenvalue weighted by Gasteiger charge is 2.69. The molecule has 14 heavy (non-hydrogen) atoms. The molecule has 4 unspecified atom stereocenters. The van der Waals surface area contributed by atoms with E-state index in [1.165, 1.54) is 0 Å². The fourth-order valence-corrected chi connectivity index (χ4v) is 12.6. The number of hydrogen-bond acceptors (Lipinski definition) is 0. The average Bonchev–Trinajstić information content (AvgIpc) is 2.61. The minimum absolute atomic E-state index is 0.656. The van der Waals surface area contributed by atoms with Crippen LogP contribution in [-0.2, 0) is 0 Å². The summed E-state index contributed by atoms with van der Waals surface area (Å²) >= 11 is 0. The van der Waals surface area contributed by atoms with Crippen molar-refractivity contribution in [2.75, 3.05) is 26.7 Å². The molecule has 0 radical (unpaired) electrons. The second-order valence-electron chi connectivity index (χ2n) is 6.03. The lowest BCUT2D eigenvalue weighted by Gasteiger charge is -2.24. The molecule has 0 nitrogen and oxygen atoms in total. The summed E-state index contributed by atoms with van der Waals surface area (Å²) in [4.78, 5) is 0. The zero-order valence-corrected chi connectivity index (χ0v) is 11.3. The van der Waals surface area contributed by atoms with Gasteiger partial charge in [0, 0.05) is 27.9 Å². The molecule has 0 spiro atoms. The first-order chi connectivity index (χ1) is 6.44. The van der Waals surface area contributed by atoms with Crippen LogP contribution >= 0.6 is 14.5 Å². The molecule has 0 saturated carbocycles. The van der Waals surface area contributed by atoms with Gasteiger partial charge in [-0.15, -0.1) is 0 Å². The average molecular weight is 226 g/mol. The number of hydrogen-bond donors (Lipinski definition) is 0. The van der Waals surface area contributed by atoms with Crippen LogP contribution in [0.15, 0.2) is 24.0 Å². The van der Waals surface area contributed by atoms with Gasteiger partial charge in [0.05, 0.1) is 30.7 Å². The molecule has 0 N–H and O–H groups in total. The van der Waals surface area contributed by atoms with E-state index in [4.69, 9.17) is 0 Å². The molecule has 3 heterocycles. The van der Waals surface area contributed by atoms with Crippen molar-refractivity contribution < 1.29 is 0 Å². The summed E-state index contributed by atoms with van der Waals surface area (Å²) < 4.78 is 0. The maximum Gasteiger partial charge on any atom is 0.125 e. The van der Waals surface area contributed by atoms with Crippen LogP contribution in [0.1, 0.15) is 0 Å². The zero-order valence-electron chi connectivity index (χ0n) is 9.51. The van der Waals surface area contributed by atoms with Crippen molar-refractivity contribution in [1.29, 1.82) is 0 Å². The van der Waals surface area contributed by atoms with Crippen LogP contribution in [-0.4, -0.2) is 43.6 Å². The van der Waals surface area contributed by atoms with Crippen LogP contribution in [0, 0.1) is 5.92 Å². The normalized spacial score (nSPS) is 50.0. The van der Waals surface area contributed by atoms with E-state index in [-0.39, 0.29) is 0 Å². The third-order valence-electron chi connectivity index (χ3n) is 4.64. The van der Waals surface area contributed by atoms with Crippen molar-refractivity contribution in [3.8, 4) is 0 Å². The number of allylic oxidation sites excluding steroid dienone is 3. The highest BCUT2D eigenvalue weighted by Crippen LogP contribution is 2.83. The van der Waals surface area contributed by atoms with Crippen molar-refractivity contribution in [2.45, 2.75) is 17.0 Å². The Labute approximate surface area is 88.5 Å². The van der Waals surface area contributed by atoms with E-state index in [9.17, 15) is 0 Å². The van der Waals surface area contributed by atoms with Gasteiger partial charge >= 0.3 is 0 Å². The molecule has 3 rings (SSSR count). The lowest BCUT2D eigenvalue weighted by atomic mass is 9.94. The van der Waals surface area contributed by atoms with Crippen LogP contribution < -0.4 is 0 Å². The Morgan fingerprint density at radius 1 is 0.857 bits per heavy atom. The van der Waals surface area contributed by atoms with E-state index in [1.807, 2.05) is 0 Å². The molecule has 0 aliphatic carbocycles. The Kier molecular flexibility index (Phi) is 1.73. The minimum atomic E-state index is -0.723. The van der Waals surface area contributed by atoms with E-state index in [2.05, 4.69) is 50.7 Å². The third-order valence-corrected chi connectivity index (χ3v) is 12.1. The maximum atomic E-state index is 2.58. The fraction of sp³-hybridized carbons (Fsp3) is 0.667. The molecule has 1 fully saturated rings. The van der Waals surface area contributed by atoms with Gasteiger partial charge in [0.1, 0.15) is 11.3 Å². The quantitative estimate of drug-likeness (QED) is 0.439. The molecule has 3 aliphatic rings. The molecule has 0 aromatic carbocycles. The highest BCUT2D eigenvalue weighted by atomic mass is 31.2. The predicted octanol–water partition coefficient (Wildman–Crippen LogP) is 3.37. The van der Waals surface area contributed by atoms with Gasteiger partial charge in [-0.25, -0.2) is 0 Å². The summed E-state index contributed by atoms with van der Waals surface area (Å²) in [5.74, 6) is 3.51. The topological polar surface area (TPSA) is 0 Å². The maximum absolute atomic E-state index is 2.58. The Balaban J connectivity index is 2.09. The van der Waals surface area contributed by atoms with Crippen LogP contribution in [0.2, 0.25) is 0 Å². The largest absolute Gasteiger partial charge is 0.125 e. The summed E-state index contributed by atoms with van der Waals surface area (Å²) in [7, 11) is -1.38. The van der Waals surface area contributed by atoms with E-state index in [1.54, 1.807) is 0 Å². The van der Waals surface area contributed by atoms with Gasteiger partial charge in [0.2, 0.25) is 0 Å². The lowest BCUT2D eigenvalue weighted by Crippen LogP contribution is -2.25. The summed E-state index contributed by atoms with van der Waals surface area (Å²) in [6, 6.07) is 0. The highest BCUT2D eigenvalue weighted by molar-refractivity contribution is 7.82. The fourth-order valence-electron chi connectivity index (χ4n) is 3.86. The Hall–Kier alpha value is 0.340. The number of rotatable bonds is 0. The summed E-state index contributed by atoms with van der Waals surface area (Å²) in [6.07, 6.45) is 7.66. The standard InChI is InChI=1S/C12H20P2/c1-13(2)8-7-9-10-5-6-11(12(9)13)14(10,3)4/h5-12H,1-4H3/q+2. The van der Waals surface area contributed by atoms with Gasteiger partial charge in [-0.3, -0.25) is 0 Å². The van der Waals surface area contributed by atoms with Gasteiger partial charge in [-0.1, -0.05) is 0 Å². The van der Waals surface area contributed by atoms with Crippen molar-refractivity contribution >= 4 is 14.5 Å². The second kappa shape index (κ2) is 2.53. The molecule has 2 heteroatoms. The van der Waals surface area contributed by atoms with Crippen LogP contribution in [0.4, 0.5) is 0 Å². The smallest absolute Gasteiger partial charge is 0.0438 e. The van der Waals surface area contributed by atoms with Gasteiger partial charge in [-0.2, -0.15) is 0 Å². The summed E-state index contributed by atoms with van der Waals surface area (Å²) in [6.45, 7) is 10.2.